The van der Waals surface area contributed by atoms with E-state index in [0.29, 0.717) is 5.41 Å². The molecule has 0 spiro atoms. The summed E-state index contributed by atoms with van der Waals surface area (Å²) in [6, 6.07) is 0. The quantitative estimate of drug-likeness (QED) is 0.638. The van der Waals surface area contributed by atoms with Crippen molar-refractivity contribution < 1.29 is 4.74 Å². The van der Waals surface area contributed by atoms with Crippen molar-refractivity contribution in [2.24, 2.45) is 17.3 Å². The van der Waals surface area contributed by atoms with E-state index in [-0.39, 0.29) is 5.60 Å². The average Bonchev–Trinajstić information content (AvgIpc) is 1.95. The predicted molar refractivity (Wildman–Crippen MR) is 56.8 cm³/mol. The van der Waals surface area contributed by atoms with Crippen molar-refractivity contribution in [1.29, 1.82) is 0 Å². The molecule has 1 saturated carbocycles. The Morgan fingerprint density at radius 1 is 1.31 bits per heavy atom. The predicted octanol–water partition coefficient (Wildman–Crippen LogP) is 3.48. The Hall–Kier alpha value is -0.0400. The highest BCUT2D eigenvalue weighted by Crippen LogP contribution is 2.48. The van der Waals surface area contributed by atoms with E-state index in [1.165, 1.54) is 12.8 Å². The number of rotatable bonds is 2. The lowest BCUT2D eigenvalue weighted by Crippen LogP contribution is -2.47. The summed E-state index contributed by atoms with van der Waals surface area (Å²) in [5, 5.41) is 0. The molecule has 1 heteroatoms. The minimum atomic E-state index is 0.185. The van der Waals surface area contributed by atoms with Crippen molar-refractivity contribution in [2.45, 2.75) is 53.1 Å². The van der Waals surface area contributed by atoms with Crippen molar-refractivity contribution in [3.63, 3.8) is 0 Å². The van der Waals surface area contributed by atoms with Gasteiger partial charge in [0.05, 0.1) is 5.60 Å². The Morgan fingerprint density at radius 3 is 2.08 bits per heavy atom. The smallest absolute Gasteiger partial charge is 0.0656 e. The molecule has 0 aromatic carbocycles. The molecule has 0 amide bonds. The Morgan fingerprint density at radius 2 is 1.77 bits per heavy atom. The molecule has 0 heterocycles. The SMILES string of the molecule is COC1(C)CC([C@@H](C)C(C)(C)C)C1. The van der Waals surface area contributed by atoms with Gasteiger partial charge in [0.15, 0.2) is 0 Å². The van der Waals surface area contributed by atoms with Crippen LogP contribution in [0, 0.1) is 17.3 Å². The molecule has 1 aliphatic rings. The zero-order chi connectivity index (χ0) is 10.3. The third-order valence-electron chi connectivity index (χ3n) is 3.95. The molecule has 0 aromatic heterocycles. The summed E-state index contributed by atoms with van der Waals surface area (Å²) in [5.74, 6) is 1.67. The third-order valence-corrected chi connectivity index (χ3v) is 3.95. The van der Waals surface area contributed by atoms with E-state index >= 15 is 0 Å². The van der Waals surface area contributed by atoms with Crippen molar-refractivity contribution in [3.05, 3.63) is 0 Å². The van der Waals surface area contributed by atoms with Crippen molar-refractivity contribution in [1.82, 2.24) is 0 Å². The van der Waals surface area contributed by atoms with Crippen LogP contribution in [0.4, 0.5) is 0 Å². The van der Waals surface area contributed by atoms with Crippen LogP contribution in [0.5, 0.6) is 0 Å². The fourth-order valence-corrected chi connectivity index (χ4v) is 2.28. The van der Waals surface area contributed by atoms with E-state index in [1.807, 2.05) is 7.11 Å². The summed E-state index contributed by atoms with van der Waals surface area (Å²) in [4.78, 5) is 0. The van der Waals surface area contributed by atoms with Gasteiger partial charge in [-0.25, -0.2) is 0 Å². The first-order valence-corrected chi connectivity index (χ1v) is 5.34. The molecule has 0 saturated heterocycles. The maximum Gasteiger partial charge on any atom is 0.0656 e. The van der Waals surface area contributed by atoms with Gasteiger partial charge in [-0.15, -0.1) is 0 Å². The highest BCUT2D eigenvalue weighted by Gasteiger charge is 2.45. The molecule has 13 heavy (non-hydrogen) atoms. The molecule has 0 bridgehead atoms. The second kappa shape index (κ2) is 3.27. The van der Waals surface area contributed by atoms with Gasteiger partial charge in [-0.2, -0.15) is 0 Å². The van der Waals surface area contributed by atoms with E-state index < -0.39 is 0 Å². The van der Waals surface area contributed by atoms with Gasteiger partial charge in [0.1, 0.15) is 0 Å². The van der Waals surface area contributed by atoms with E-state index in [4.69, 9.17) is 4.74 Å². The van der Waals surface area contributed by atoms with Crippen molar-refractivity contribution >= 4 is 0 Å². The van der Waals surface area contributed by atoms with Crippen LogP contribution in [-0.4, -0.2) is 12.7 Å². The normalized spacial score (nSPS) is 36.9. The van der Waals surface area contributed by atoms with Crippen molar-refractivity contribution in [2.75, 3.05) is 7.11 Å². The number of hydrogen-bond donors (Lipinski definition) is 0. The van der Waals surface area contributed by atoms with Crippen molar-refractivity contribution in [3.8, 4) is 0 Å². The molecule has 78 valence electrons. The van der Waals surface area contributed by atoms with Crippen LogP contribution >= 0.6 is 0 Å². The summed E-state index contributed by atoms with van der Waals surface area (Å²) in [6.07, 6.45) is 2.48. The number of ether oxygens (including phenoxy) is 1. The minimum absolute atomic E-state index is 0.185. The highest BCUT2D eigenvalue weighted by molar-refractivity contribution is 4.96. The molecule has 0 radical (unpaired) electrons. The summed E-state index contributed by atoms with van der Waals surface area (Å²) in [5.41, 5.74) is 0.629. The van der Waals surface area contributed by atoms with Gasteiger partial charge in [0.2, 0.25) is 0 Å². The van der Waals surface area contributed by atoms with Crippen LogP contribution in [0.3, 0.4) is 0 Å². The highest BCUT2D eigenvalue weighted by atomic mass is 16.5. The lowest BCUT2D eigenvalue weighted by molar-refractivity contribution is -0.115. The minimum Gasteiger partial charge on any atom is -0.379 e. The fourth-order valence-electron chi connectivity index (χ4n) is 2.28. The topological polar surface area (TPSA) is 9.23 Å². The summed E-state index contributed by atoms with van der Waals surface area (Å²) < 4.78 is 5.47. The third kappa shape index (κ3) is 2.25. The standard InChI is InChI=1S/C12H24O/c1-9(11(2,3)4)10-7-12(5,8-10)13-6/h9-10H,7-8H2,1-6H3/t9-,10?,12?/m1/s1. The van der Waals surface area contributed by atoms with Gasteiger partial charge in [-0.1, -0.05) is 27.7 Å². The van der Waals surface area contributed by atoms with Crippen LogP contribution in [0.2, 0.25) is 0 Å². The lowest BCUT2D eigenvalue weighted by atomic mass is 9.60. The molecule has 1 fully saturated rings. The van der Waals surface area contributed by atoms with Gasteiger partial charge in [0, 0.05) is 7.11 Å². The molecular formula is C12H24O. The van der Waals surface area contributed by atoms with Crippen LogP contribution < -0.4 is 0 Å². The Balaban J connectivity index is 2.44. The van der Waals surface area contributed by atoms with Gasteiger partial charge in [-0.05, 0) is 37.0 Å². The first-order chi connectivity index (χ1) is 5.78. The molecular weight excluding hydrogens is 160 g/mol. The van der Waals surface area contributed by atoms with Crippen LogP contribution in [0.15, 0.2) is 0 Å². The number of methoxy groups -OCH3 is 1. The molecule has 1 nitrogen and oxygen atoms in total. The lowest BCUT2D eigenvalue weighted by Gasteiger charge is -2.50. The van der Waals surface area contributed by atoms with Gasteiger partial charge in [-0.3, -0.25) is 0 Å². The summed E-state index contributed by atoms with van der Waals surface area (Å²) in [6.45, 7) is 11.6. The molecule has 1 atom stereocenters. The van der Waals surface area contributed by atoms with Crippen LogP contribution in [-0.2, 0) is 4.74 Å². The van der Waals surface area contributed by atoms with Gasteiger partial charge in [0.25, 0.3) is 0 Å². The molecule has 0 unspecified atom stereocenters. The molecule has 0 N–H and O–H groups in total. The number of hydrogen-bond acceptors (Lipinski definition) is 1. The van der Waals surface area contributed by atoms with Gasteiger partial charge < -0.3 is 4.74 Å². The maximum absolute atomic E-state index is 5.47. The first kappa shape index (κ1) is 11.0. The van der Waals surface area contributed by atoms with E-state index in [2.05, 4.69) is 34.6 Å². The van der Waals surface area contributed by atoms with E-state index in [0.717, 1.165) is 11.8 Å². The first-order valence-electron chi connectivity index (χ1n) is 5.34. The fraction of sp³-hybridized carbons (Fsp3) is 1.00. The average molecular weight is 184 g/mol. The largest absolute Gasteiger partial charge is 0.379 e. The monoisotopic (exact) mass is 184 g/mol. The Bertz CT molecular complexity index is 172. The maximum atomic E-state index is 5.47. The van der Waals surface area contributed by atoms with Gasteiger partial charge >= 0.3 is 0 Å². The molecule has 0 aliphatic heterocycles. The molecule has 1 aliphatic carbocycles. The second-order valence-electron chi connectivity index (χ2n) is 5.98. The molecule has 1 rings (SSSR count). The summed E-state index contributed by atoms with van der Waals surface area (Å²) >= 11 is 0. The Kier molecular flexibility index (Phi) is 2.78. The van der Waals surface area contributed by atoms with Crippen LogP contribution in [0.1, 0.15) is 47.5 Å². The van der Waals surface area contributed by atoms with E-state index in [9.17, 15) is 0 Å². The summed E-state index contributed by atoms with van der Waals surface area (Å²) in [7, 11) is 1.83. The van der Waals surface area contributed by atoms with Crippen LogP contribution in [0.25, 0.3) is 0 Å². The molecule has 0 aromatic rings. The zero-order valence-electron chi connectivity index (χ0n) is 9.98. The second-order valence-corrected chi connectivity index (χ2v) is 5.98. The Labute approximate surface area is 82.9 Å². The van der Waals surface area contributed by atoms with E-state index in [1.54, 1.807) is 0 Å². The zero-order valence-corrected chi connectivity index (χ0v) is 9.98.